The molecule has 0 aliphatic heterocycles. The standard InChI is InChI=1S/C20H24ClNO4/c1-13-11-18(12-14(2)19(13)21)26-15(3)20(23)22-9-10-25-17-7-5-16(24-4)6-8-17/h5-8,11-12,15H,9-10H2,1-4H3,(H,22,23)/t15-/m1/s1. The highest BCUT2D eigenvalue weighted by atomic mass is 35.5. The summed E-state index contributed by atoms with van der Waals surface area (Å²) in [5.74, 6) is 1.91. The fourth-order valence-electron chi connectivity index (χ4n) is 2.39. The van der Waals surface area contributed by atoms with E-state index in [9.17, 15) is 4.79 Å². The van der Waals surface area contributed by atoms with Crippen molar-refractivity contribution in [1.29, 1.82) is 0 Å². The maximum absolute atomic E-state index is 12.1. The van der Waals surface area contributed by atoms with Gasteiger partial charge >= 0.3 is 0 Å². The number of ether oxygens (including phenoxy) is 3. The van der Waals surface area contributed by atoms with E-state index in [1.54, 1.807) is 14.0 Å². The molecular formula is C20H24ClNO4. The Hall–Kier alpha value is -2.40. The van der Waals surface area contributed by atoms with Crippen molar-refractivity contribution in [2.24, 2.45) is 0 Å². The summed E-state index contributed by atoms with van der Waals surface area (Å²) >= 11 is 6.14. The van der Waals surface area contributed by atoms with Gasteiger partial charge in [-0.3, -0.25) is 4.79 Å². The lowest BCUT2D eigenvalue weighted by atomic mass is 10.1. The van der Waals surface area contributed by atoms with E-state index in [1.807, 2.05) is 50.2 Å². The minimum absolute atomic E-state index is 0.200. The number of aryl methyl sites for hydroxylation is 2. The van der Waals surface area contributed by atoms with Crippen LogP contribution in [0, 0.1) is 13.8 Å². The second-order valence-electron chi connectivity index (χ2n) is 5.95. The van der Waals surface area contributed by atoms with E-state index < -0.39 is 6.10 Å². The molecule has 140 valence electrons. The van der Waals surface area contributed by atoms with Crippen LogP contribution in [0.2, 0.25) is 5.02 Å². The van der Waals surface area contributed by atoms with Crippen molar-refractivity contribution in [3.63, 3.8) is 0 Å². The quantitative estimate of drug-likeness (QED) is 0.708. The van der Waals surface area contributed by atoms with Gasteiger partial charge in [0.25, 0.3) is 5.91 Å². The van der Waals surface area contributed by atoms with Gasteiger partial charge in [-0.25, -0.2) is 0 Å². The fourth-order valence-corrected chi connectivity index (χ4v) is 2.50. The zero-order chi connectivity index (χ0) is 19.1. The summed E-state index contributed by atoms with van der Waals surface area (Å²) in [6.07, 6.45) is -0.615. The third-order valence-electron chi connectivity index (χ3n) is 3.82. The molecule has 0 aromatic heterocycles. The average Bonchev–Trinajstić information content (AvgIpc) is 2.63. The van der Waals surface area contributed by atoms with Gasteiger partial charge in [0.1, 0.15) is 23.9 Å². The first-order valence-electron chi connectivity index (χ1n) is 8.38. The molecule has 0 unspecified atom stereocenters. The van der Waals surface area contributed by atoms with Crippen LogP contribution >= 0.6 is 11.6 Å². The lowest BCUT2D eigenvalue weighted by Crippen LogP contribution is -2.38. The smallest absolute Gasteiger partial charge is 0.260 e. The van der Waals surface area contributed by atoms with Gasteiger partial charge in [0.2, 0.25) is 0 Å². The molecule has 2 aromatic rings. The van der Waals surface area contributed by atoms with Crippen LogP contribution in [0.3, 0.4) is 0 Å². The minimum Gasteiger partial charge on any atom is -0.497 e. The Morgan fingerprint density at radius 3 is 2.23 bits per heavy atom. The lowest BCUT2D eigenvalue weighted by molar-refractivity contribution is -0.127. The van der Waals surface area contributed by atoms with Crippen molar-refractivity contribution in [2.45, 2.75) is 26.9 Å². The average molecular weight is 378 g/mol. The molecule has 0 fully saturated rings. The van der Waals surface area contributed by atoms with Crippen molar-refractivity contribution in [3.8, 4) is 17.2 Å². The second kappa shape index (κ2) is 9.34. The third kappa shape index (κ3) is 5.56. The highest BCUT2D eigenvalue weighted by Gasteiger charge is 2.15. The Kier molecular flexibility index (Phi) is 7.16. The Morgan fingerprint density at radius 1 is 1.08 bits per heavy atom. The number of benzene rings is 2. The Balaban J connectivity index is 1.76. The number of halogens is 1. The van der Waals surface area contributed by atoms with Crippen LogP contribution in [0.1, 0.15) is 18.1 Å². The number of carbonyl (C=O) groups is 1. The van der Waals surface area contributed by atoms with Crippen molar-refractivity contribution in [3.05, 3.63) is 52.5 Å². The van der Waals surface area contributed by atoms with E-state index in [-0.39, 0.29) is 5.91 Å². The topological polar surface area (TPSA) is 56.8 Å². The molecule has 0 spiro atoms. The van der Waals surface area contributed by atoms with E-state index in [2.05, 4.69) is 5.32 Å². The van der Waals surface area contributed by atoms with Crippen LogP contribution in [0.5, 0.6) is 17.2 Å². The van der Waals surface area contributed by atoms with Gasteiger partial charge in [-0.15, -0.1) is 0 Å². The van der Waals surface area contributed by atoms with E-state index in [4.69, 9.17) is 25.8 Å². The van der Waals surface area contributed by atoms with Gasteiger partial charge in [-0.2, -0.15) is 0 Å². The molecule has 0 radical (unpaired) electrons. The highest BCUT2D eigenvalue weighted by Crippen LogP contribution is 2.26. The van der Waals surface area contributed by atoms with Crippen molar-refractivity contribution in [2.75, 3.05) is 20.3 Å². The summed E-state index contributed by atoms with van der Waals surface area (Å²) in [4.78, 5) is 12.1. The molecule has 5 nitrogen and oxygen atoms in total. The highest BCUT2D eigenvalue weighted by molar-refractivity contribution is 6.32. The molecule has 1 amide bonds. The molecule has 2 aromatic carbocycles. The third-order valence-corrected chi connectivity index (χ3v) is 4.42. The van der Waals surface area contributed by atoms with Crippen LogP contribution in [-0.2, 0) is 4.79 Å². The maximum Gasteiger partial charge on any atom is 0.260 e. The number of hydrogen-bond donors (Lipinski definition) is 1. The number of rotatable bonds is 8. The minimum atomic E-state index is -0.615. The molecule has 0 aliphatic carbocycles. The van der Waals surface area contributed by atoms with E-state index >= 15 is 0 Å². The van der Waals surface area contributed by atoms with Crippen molar-refractivity contribution < 1.29 is 19.0 Å². The summed E-state index contributed by atoms with van der Waals surface area (Å²) in [5, 5.41) is 3.51. The van der Waals surface area contributed by atoms with E-state index in [1.165, 1.54) is 0 Å². The molecule has 1 atom stereocenters. The molecule has 0 saturated carbocycles. The molecule has 0 bridgehead atoms. The van der Waals surface area contributed by atoms with E-state index in [0.29, 0.717) is 23.9 Å². The van der Waals surface area contributed by atoms with E-state index in [0.717, 1.165) is 22.6 Å². The van der Waals surface area contributed by atoms with Crippen molar-refractivity contribution in [1.82, 2.24) is 5.32 Å². The van der Waals surface area contributed by atoms with Crippen molar-refractivity contribution >= 4 is 17.5 Å². The molecule has 0 saturated heterocycles. The molecule has 26 heavy (non-hydrogen) atoms. The number of carbonyl (C=O) groups excluding carboxylic acids is 1. The van der Waals surface area contributed by atoms with Gasteiger partial charge in [0, 0.05) is 5.02 Å². The largest absolute Gasteiger partial charge is 0.497 e. The first-order chi connectivity index (χ1) is 12.4. The van der Waals surface area contributed by atoms with Crippen LogP contribution in [-0.4, -0.2) is 32.3 Å². The van der Waals surface area contributed by atoms with Gasteiger partial charge in [-0.1, -0.05) is 11.6 Å². The molecule has 0 aliphatic rings. The predicted octanol–water partition coefficient (Wildman–Crippen LogP) is 3.93. The first-order valence-corrected chi connectivity index (χ1v) is 8.76. The zero-order valence-corrected chi connectivity index (χ0v) is 16.2. The van der Waals surface area contributed by atoms with Gasteiger partial charge in [-0.05, 0) is 68.3 Å². The summed E-state index contributed by atoms with van der Waals surface area (Å²) < 4.78 is 16.4. The monoisotopic (exact) mass is 377 g/mol. The SMILES string of the molecule is COc1ccc(OCCNC(=O)[C@@H](C)Oc2cc(C)c(Cl)c(C)c2)cc1. The fraction of sp³-hybridized carbons (Fsp3) is 0.350. The summed E-state index contributed by atoms with van der Waals surface area (Å²) in [7, 11) is 1.61. The van der Waals surface area contributed by atoms with Crippen LogP contribution < -0.4 is 19.5 Å². The van der Waals surface area contributed by atoms with Crippen LogP contribution in [0.15, 0.2) is 36.4 Å². The lowest BCUT2D eigenvalue weighted by Gasteiger charge is -2.16. The Bertz CT molecular complexity index is 723. The molecule has 1 N–H and O–H groups in total. The summed E-state index contributed by atoms with van der Waals surface area (Å²) in [6, 6.07) is 10.9. The zero-order valence-electron chi connectivity index (χ0n) is 15.5. The van der Waals surface area contributed by atoms with Gasteiger partial charge in [0.15, 0.2) is 6.10 Å². The summed E-state index contributed by atoms with van der Waals surface area (Å²) in [5.41, 5.74) is 1.84. The van der Waals surface area contributed by atoms with Gasteiger partial charge < -0.3 is 19.5 Å². The number of methoxy groups -OCH3 is 1. The second-order valence-corrected chi connectivity index (χ2v) is 6.32. The molecule has 0 heterocycles. The molecule has 2 rings (SSSR count). The first kappa shape index (κ1) is 19.9. The Labute approximate surface area is 159 Å². The van der Waals surface area contributed by atoms with Gasteiger partial charge in [0.05, 0.1) is 13.7 Å². The predicted molar refractivity (Wildman–Crippen MR) is 103 cm³/mol. The molecular weight excluding hydrogens is 354 g/mol. The molecule has 6 heteroatoms. The maximum atomic E-state index is 12.1. The number of nitrogens with one attached hydrogen (secondary N) is 1. The van der Waals surface area contributed by atoms with Crippen LogP contribution in [0.4, 0.5) is 0 Å². The number of hydrogen-bond acceptors (Lipinski definition) is 4. The number of amides is 1. The normalized spacial score (nSPS) is 11.6. The Morgan fingerprint density at radius 2 is 1.65 bits per heavy atom. The van der Waals surface area contributed by atoms with Crippen LogP contribution in [0.25, 0.3) is 0 Å². The summed E-state index contributed by atoms with van der Waals surface area (Å²) in [6.45, 7) is 6.27.